The van der Waals surface area contributed by atoms with E-state index in [-0.39, 0.29) is 34.9 Å². The average molecular weight is 405 g/mol. The first-order chi connectivity index (χ1) is 14.4. The van der Waals surface area contributed by atoms with Crippen molar-refractivity contribution in [2.45, 2.75) is 6.54 Å². The molecule has 0 spiro atoms. The van der Waals surface area contributed by atoms with Crippen LogP contribution in [0, 0.1) is 5.82 Å². The van der Waals surface area contributed by atoms with Gasteiger partial charge < -0.3 is 10.1 Å². The molecule has 0 saturated carbocycles. The fourth-order valence-electron chi connectivity index (χ4n) is 3.07. The van der Waals surface area contributed by atoms with Gasteiger partial charge in [-0.1, -0.05) is 12.1 Å². The molecule has 0 fully saturated rings. The highest BCUT2D eigenvalue weighted by Crippen LogP contribution is 2.24. The van der Waals surface area contributed by atoms with E-state index >= 15 is 0 Å². The molecule has 2 heterocycles. The van der Waals surface area contributed by atoms with Gasteiger partial charge in [-0.05, 0) is 36.4 Å². The molecule has 30 heavy (non-hydrogen) atoms. The van der Waals surface area contributed by atoms with Gasteiger partial charge in [0.05, 0.1) is 11.1 Å². The van der Waals surface area contributed by atoms with Crippen LogP contribution in [0.15, 0.2) is 60.8 Å². The topological polar surface area (TPSA) is 88.6 Å². The SMILES string of the molecule is CN1C(=O)c2ccc(C(=O)NCc3cccnc3Oc3cccc(F)c3)cc2C1=O. The second kappa shape index (κ2) is 7.75. The smallest absolute Gasteiger partial charge is 0.261 e. The van der Waals surface area contributed by atoms with Crippen LogP contribution in [0.1, 0.15) is 36.6 Å². The third kappa shape index (κ3) is 3.62. The van der Waals surface area contributed by atoms with Crippen LogP contribution in [0.4, 0.5) is 4.39 Å². The van der Waals surface area contributed by atoms with E-state index in [1.165, 1.54) is 49.6 Å². The van der Waals surface area contributed by atoms with Crippen molar-refractivity contribution in [1.29, 1.82) is 0 Å². The van der Waals surface area contributed by atoms with E-state index in [4.69, 9.17) is 4.74 Å². The fraction of sp³-hybridized carbons (Fsp3) is 0.0909. The van der Waals surface area contributed by atoms with E-state index in [1.54, 1.807) is 18.2 Å². The van der Waals surface area contributed by atoms with E-state index in [9.17, 15) is 18.8 Å². The number of amides is 3. The maximum Gasteiger partial charge on any atom is 0.261 e. The lowest BCUT2D eigenvalue weighted by Gasteiger charge is -2.11. The standard InChI is InChI=1S/C22H16FN3O4/c1-26-21(28)17-8-7-13(10-18(17)22(26)29)19(27)25-12-14-4-3-9-24-20(14)30-16-6-2-5-15(23)11-16/h2-11H,12H2,1H3,(H,25,27). The number of benzene rings is 2. The summed E-state index contributed by atoms with van der Waals surface area (Å²) in [4.78, 5) is 41.8. The van der Waals surface area contributed by atoms with Crippen LogP contribution < -0.4 is 10.1 Å². The third-order valence-corrected chi connectivity index (χ3v) is 4.65. The Hall–Kier alpha value is -4.07. The predicted octanol–water partition coefficient (Wildman–Crippen LogP) is 3.17. The summed E-state index contributed by atoms with van der Waals surface area (Å²) in [5.41, 5.74) is 1.31. The average Bonchev–Trinajstić information content (AvgIpc) is 2.96. The lowest BCUT2D eigenvalue weighted by molar-refractivity contribution is 0.0693. The molecule has 0 bridgehead atoms. The van der Waals surface area contributed by atoms with Crippen molar-refractivity contribution >= 4 is 17.7 Å². The molecule has 8 heteroatoms. The molecule has 150 valence electrons. The summed E-state index contributed by atoms with van der Waals surface area (Å²) >= 11 is 0. The number of carbonyl (C=O) groups is 3. The Kier molecular flexibility index (Phi) is 4.97. The monoisotopic (exact) mass is 405 g/mol. The van der Waals surface area contributed by atoms with Crippen LogP contribution in [-0.2, 0) is 6.54 Å². The van der Waals surface area contributed by atoms with Gasteiger partial charge in [-0.15, -0.1) is 0 Å². The molecule has 1 aliphatic rings. The van der Waals surface area contributed by atoms with Crippen LogP contribution >= 0.6 is 0 Å². The molecule has 0 radical (unpaired) electrons. The molecule has 0 saturated heterocycles. The Balaban J connectivity index is 1.49. The van der Waals surface area contributed by atoms with Crippen LogP contribution in [0.25, 0.3) is 0 Å². The number of nitrogens with one attached hydrogen (secondary N) is 1. The van der Waals surface area contributed by atoms with Gasteiger partial charge in [0.1, 0.15) is 11.6 Å². The van der Waals surface area contributed by atoms with Crippen LogP contribution in [0.2, 0.25) is 0 Å². The van der Waals surface area contributed by atoms with Crippen molar-refractivity contribution in [1.82, 2.24) is 15.2 Å². The molecule has 1 N–H and O–H groups in total. The third-order valence-electron chi connectivity index (χ3n) is 4.65. The Morgan fingerprint density at radius 3 is 2.67 bits per heavy atom. The number of hydrogen-bond acceptors (Lipinski definition) is 5. The zero-order chi connectivity index (χ0) is 21.3. The molecule has 0 unspecified atom stereocenters. The quantitative estimate of drug-likeness (QED) is 0.659. The van der Waals surface area contributed by atoms with E-state index in [0.29, 0.717) is 5.56 Å². The Morgan fingerprint density at radius 1 is 1.07 bits per heavy atom. The first-order valence-electron chi connectivity index (χ1n) is 9.06. The molecule has 1 aliphatic heterocycles. The zero-order valence-corrected chi connectivity index (χ0v) is 15.9. The highest BCUT2D eigenvalue weighted by Gasteiger charge is 2.33. The van der Waals surface area contributed by atoms with Gasteiger partial charge in [-0.25, -0.2) is 9.37 Å². The van der Waals surface area contributed by atoms with Gasteiger partial charge in [0, 0.05) is 37.0 Å². The molecule has 2 aromatic carbocycles. The molecule has 7 nitrogen and oxygen atoms in total. The second-order valence-electron chi connectivity index (χ2n) is 6.64. The second-order valence-corrected chi connectivity index (χ2v) is 6.64. The predicted molar refractivity (Wildman–Crippen MR) is 105 cm³/mol. The van der Waals surface area contributed by atoms with Crippen molar-refractivity contribution in [3.63, 3.8) is 0 Å². The lowest BCUT2D eigenvalue weighted by atomic mass is 10.1. The minimum atomic E-state index is -0.442. The minimum Gasteiger partial charge on any atom is -0.439 e. The lowest BCUT2D eigenvalue weighted by Crippen LogP contribution is -2.24. The van der Waals surface area contributed by atoms with Crippen molar-refractivity contribution in [3.05, 3.63) is 88.9 Å². The Labute approximate surface area is 171 Å². The van der Waals surface area contributed by atoms with Crippen molar-refractivity contribution < 1.29 is 23.5 Å². The molecule has 0 aliphatic carbocycles. The number of imide groups is 1. The molecule has 1 aromatic heterocycles. The first kappa shape index (κ1) is 19.3. The number of carbonyl (C=O) groups excluding carboxylic acids is 3. The number of halogens is 1. The number of aromatic nitrogens is 1. The summed E-state index contributed by atoms with van der Waals surface area (Å²) in [7, 11) is 1.40. The maximum absolute atomic E-state index is 13.4. The van der Waals surface area contributed by atoms with E-state index in [0.717, 1.165) is 4.90 Å². The number of rotatable bonds is 5. The van der Waals surface area contributed by atoms with Crippen molar-refractivity contribution in [3.8, 4) is 11.6 Å². The van der Waals surface area contributed by atoms with E-state index < -0.39 is 23.5 Å². The van der Waals surface area contributed by atoms with Crippen molar-refractivity contribution in [2.24, 2.45) is 0 Å². The van der Waals surface area contributed by atoms with E-state index in [2.05, 4.69) is 10.3 Å². The van der Waals surface area contributed by atoms with Crippen LogP contribution in [0.5, 0.6) is 11.6 Å². The van der Waals surface area contributed by atoms with E-state index in [1.807, 2.05) is 0 Å². The molecule has 3 amide bonds. The van der Waals surface area contributed by atoms with Gasteiger partial charge in [0.15, 0.2) is 0 Å². The molecule has 3 aromatic rings. The molecular formula is C22H16FN3O4. The van der Waals surface area contributed by atoms with Crippen LogP contribution in [0.3, 0.4) is 0 Å². The largest absolute Gasteiger partial charge is 0.439 e. The Morgan fingerprint density at radius 2 is 1.87 bits per heavy atom. The zero-order valence-electron chi connectivity index (χ0n) is 15.9. The number of ether oxygens (including phenoxy) is 1. The summed E-state index contributed by atoms with van der Waals surface area (Å²) in [5.74, 6) is -1.17. The molecule has 0 atom stereocenters. The number of fused-ring (bicyclic) bond motifs is 1. The number of nitrogens with zero attached hydrogens (tertiary/aromatic N) is 2. The summed E-state index contributed by atoms with van der Waals surface area (Å²) in [6.07, 6.45) is 1.53. The summed E-state index contributed by atoms with van der Waals surface area (Å²) in [5, 5.41) is 2.74. The minimum absolute atomic E-state index is 0.0984. The summed E-state index contributed by atoms with van der Waals surface area (Å²) in [6, 6.07) is 13.4. The fourth-order valence-corrected chi connectivity index (χ4v) is 3.07. The molecular weight excluding hydrogens is 389 g/mol. The van der Waals surface area contributed by atoms with Gasteiger partial charge in [-0.3, -0.25) is 19.3 Å². The van der Waals surface area contributed by atoms with Gasteiger partial charge in [0.2, 0.25) is 5.88 Å². The normalized spacial score (nSPS) is 12.7. The summed E-state index contributed by atoms with van der Waals surface area (Å²) in [6.45, 7) is 0.0984. The highest BCUT2D eigenvalue weighted by atomic mass is 19.1. The van der Waals surface area contributed by atoms with Crippen molar-refractivity contribution in [2.75, 3.05) is 7.05 Å². The highest BCUT2D eigenvalue weighted by molar-refractivity contribution is 6.21. The van der Waals surface area contributed by atoms with Gasteiger partial charge in [0.25, 0.3) is 17.7 Å². The molecule has 4 rings (SSSR count). The maximum atomic E-state index is 13.4. The number of hydrogen-bond donors (Lipinski definition) is 1. The first-order valence-corrected chi connectivity index (χ1v) is 9.06. The van der Waals surface area contributed by atoms with Gasteiger partial charge in [-0.2, -0.15) is 0 Å². The van der Waals surface area contributed by atoms with Crippen LogP contribution in [-0.4, -0.2) is 34.7 Å². The number of pyridine rings is 1. The summed E-state index contributed by atoms with van der Waals surface area (Å²) < 4.78 is 19.0. The van der Waals surface area contributed by atoms with Gasteiger partial charge >= 0.3 is 0 Å². The Bertz CT molecular complexity index is 1180.